The fourth-order valence-electron chi connectivity index (χ4n) is 2.94. The van der Waals surface area contributed by atoms with Crippen LogP contribution >= 0.6 is 0 Å². The van der Waals surface area contributed by atoms with Crippen LogP contribution in [-0.4, -0.2) is 27.4 Å². The lowest BCUT2D eigenvalue weighted by Crippen LogP contribution is -2.13. The fraction of sp³-hybridized carbons (Fsp3) is 0.0952. The van der Waals surface area contributed by atoms with Crippen molar-refractivity contribution in [3.05, 3.63) is 78.2 Å². The van der Waals surface area contributed by atoms with Gasteiger partial charge in [0, 0.05) is 29.7 Å². The zero-order valence-electron chi connectivity index (χ0n) is 15.6. The molecule has 1 N–H and O–H groups in total. The summed E-state index contributed by atoms with van der Waals surface area (Å²) in [6.45, 7) is 0. The highest BCUT2D eigenvalue weighted by Gasteiger charge is 2.30. The monoisotopic (exact) mass is 412 g/mol. The van der Waals surface area contributed by atoms with Gasteiger partial charge in [-0.1, -0.05) is 0 Å². The number of anilines is 1. The molecule has 0 saturated heterocycles. The third-order valence-electron chi connectivity index (χ3n) is 4.45. The van der Waals surface area contributed by atoms with Gasteiger partial charge in [0.05, 0.1) is 24.1 Å². The number of imidazole rings is 1. The van der Waals surface area contributed by atoms with E-state index in [1.54, 1.807) is 41.1 Å². The van der Waals surface area contributed by atoms with Gasteiger partial charge in [-0.15, -0.1) is 0 Å². The molecule has 0 aliphatic rings. The zero-order valence-corrected chi connectivity index (χ0v) is 15.6. The Kier molecular flexibility index (Phi) is 4.86. The molecule has 2 heterocycles. The van der Waals surface area contributed by atoms with Crippen LogP contribution in [0.2, 0.25) is 0 Å². The van der Waals surface area contributed by atoms with E-state index in [1.807, 2.05) is 6.20 Å². The zero-order chi connectivity index (χ0) is 21.3. The summed E-state index contributed by atoms with van der Waals surface area (Å²) in [6.07, 6.45) is 0.784. The molecule has 0 radical (unpaired) electrons. The molecule has 0 aliphatic heterocycles. The Morgan fingerprint density at radius 3 is 2.57 bits per heavy atom. The molecule has 152 valence electrons. The number of carbonyl (C=O) groups excluding carboxylic acids is 1. The Balaban J connectivity index is 1.63. The number of hydrogen-bond acceptors (Lipinski definition) is 4. The molecule has 0 spiro atoms. The molecule has 0 unspecified atom stereocenters. The Hall–Kier alpha value is -3.88. The maximum Gasteiger partial charge on any atom is 0.416 e. The van der Waals surface area contributed by atoms with Crippen LogP contribution in [0.1, 0.15) is 15.9 Å². The number of nitrogens with zero attached hydrogens (tertiary/aromatic N) is 3. The summed E-state index contributed by atoms with van der Waals surface area (Å²) in [5.41, 5.74) is 0.988. The summed E-state index contributed by atoms with van der Waals surface area (Å²) >= 11 is 0. The number of hydrogen-bond donors (Lipinski definition) is 1. The summed E-state index contributed by atoms with van der Waals surface area (Å²) in [5.74, 6) is 0.371. The molecule has 6 nitrogen and oxygen atoms in total. The van der Waals surface area contributed by atoms with Crippen molar-refractivity contribution in [3.8, 4) is 17.0 Å². The van der Waals surface area contributed by atoms with Crippen molar-refractivity contribution >= 4 is 17.4 Å². The van der Waals surface area contributed by atoms with Gasteiger partial charge in [-0.3, -0.25) is 9.20 Å². The van der Waals surface area contributed by atoms with Crippen molar-refractivity contribution in [2.24, 2.45) is 0 Å². The average molecular weight is 412 g/mol. The molecular weight excluding hydrogens is 397 g/mol. The summed E-state index contributed by atoms with van der Waals surface area (Å²) in [7, 11) is 1.46. The number of rotatable bonds is 4. The second-order valence-electron chi connectivity index (χ2n) is 6.40. The van der Waals surface area contributed by atoms with Gasteiger partial charge in [-0.05, 0) is 48.5 Å². The van der Waals surface area contributed by atoms with Gasteiger partial charge in [0.15, 0.2) is 0 Å². The van der Waals surface area contributed by atoms with Crippen LogP contribution in [0.5, 0.6) is 5.75 Å². The number of carbonyl (C=O) groups is 1. The minimum absolute atomic E-state index is 0.0902. The van der Waals surface area contributed by atoms with Crippen LogP contribution in [0, 0.1) is 0 Å². The van der Waals surface area contributed by atoms with Crippen molar-refractivity contribution in [3.63, 3.8) is 0 Å². The molecule has 30 heavy (non-hydrogen) atoms. The lowest BCUT2D eigenvalue weighted by molar-refractivity contribution is -0.137. The van der Waals surface area contributed by atoms with Gasteiger partial charge in [0.1, 0.15) is 5.75 Å². The Morgan fingerprint density at radius 2 is 1.90 bits per heavy atom. The first-order valence-electron chi connectivity index (χ1n) is 8.82. The predicted octanol–water partition coefficient (Wildman–Crippen LogP) is 4.68. The number of methoxy groups -OCH3 is 1. The van der Waals surface area contributed by atoms with Crippen LogP contribution in [-0.2, 0) is 6.18 Å². The highest BCUT2D eigenvalue weighted by Crippen LogP contribution is 2.32. The van der Waals surface area contributed by atoms with Gasteiger partial charge < -0.3 is 10.1 Å². The van der Waals surface area contributed by atoms with Crippen LogP contribution in [0.4, 0.5) is 18.9 Å². The smallest absolute Gasteiger partial charge is 0.416 e. The van der Waals surface area contributed by atoms with Gasteiger partial charge >= 0.3 is 6.18 Å². The fourth-order valence-corrected chi connectivity index (χ4v) is 2.94. The number of aromatic nitrogens is 3. The highest BCUT2D eigenvalue weighted by atomic mass is 19.4. The molecular formula is C21H15F3N4O2. The predicted molar refractivity (Wildman–Crippen MR) is 104 cm³/mol. The third-order valence-corrected chi connectivity index (χ3v) is 4.45. The molecule has 0 bridgehead atoms. The normalized spacial score (nSPS) is 11.5. The van der Waals surface area contributed by atoms with E-state index in [-0.39, 0.29) is 5.56 Å². The largest absolute Gasteiger partial charge is 0.495 e. The lowest BCUT2D eigenvalue weighted by Gasteiger charge is -2.12. The number of alkyl halides is 3. The number of amides is 1. The molecule has 4 rings (SSSR count). The van der Waals surface area contributed by atoms with Crippen molar-refractivity contribution in [2.45, 2.75) is 6.18 Å². The Morgan fingerprint density at radius 1 is 1.13 bits per heavy atom. The first-order valence-corrected chi connectivity index (χ1v) is 8.82. The molecule has 2 aromatic carbocycles. The van der Waals surface area contributed by atoms with Crippen molar-refractivity contribution < 1.29 is 22.7 Å². The van der Waals surface area contributed by atoms with Crippen LogP contribution in [0.15, 0.2) is 67.1 Å². The Bertz CT molecular complexity index is 1180. The minimum Gasteiger partial charge on any atom is -0.495 e. The molecule has 2 aromatic heterocycles. The van der Waals surface area contributed by atoms with Gasteiger partial charge in [0.2, 0.25) is 5.78 Å². The van der Waals surface area contributed by atoms with E-state index in [0.717, 1.165) is 24.3 Å². The van der Waals surface area contributed by atoms with E-state index in [4.69, 9.17) is 4.74 Å². The van der Waals surface area contributed by atoms with Crippen molar-refractivity contribution in [2.75, 3.05) is 12.4 Å². The molecule has 0 atom stereocenters. The molecule has 4 aromatic rings. The summed E-state index contributed by atoms with van der Waals surface area (Å²) in [5, 5.41) is 2.68. The average Bonchev–Trinajstić information content (AvgIpc) is 3.17. The van der Waals surface area contributed by atoms with Crippen LogP contribution in [0.3, 0.4) is 0 Å². The number of nitrogens with one attached hydrogen (secondary N) is 1. The standard InChI is InChI=1S/C21H15F3N4O2/c1-30-18-8-5-14(17-12-28-10-2-9-25-20(28)27-17)11-16(18)26-19(29)13-3-6-15(7-4-13)21(22,23)24/h2-12H,1H3,(H,26,29). The summed E-state index contributed by atoms with van der Waals surface area (Å²) < 4.78 is 45.2. The van der Waals surface area contributed by atoms with Gasteiger partial charge in [-0.25, -0.2) is 9.97 Å². The first kappa shape index (κ1) is 19.4. The molecule has 9 heteroatoms. The quantitative estimate of drug-likeness (QED) is 0.529. The van der Waals surface area contributed by atoms with E-state index in [9.17, 15) is 18.0 Å². The maximum absolute atomic E-state index is 12.7. The molecule has 0 saturated carbocycles. The van der Waals surface area contributed by atoms with Crippen LogP contribution < -0.4 is 10.1 Å². The lowest BCUT2D eigenvalue weighted by atomic mass is 10.1. The van der Waals surface area contributed by atoms with E-state index < -0.39 is 17.6 Å². The molecule has 1 amide bonds. The number of benzene rings is 2. The third kappa shape index (κ3) is 3.82. The van der Waals surface area contributed by atoms with Gasteiger partial charge in [-0.2, -0.15) is 13.2 Å². The van der Waals surface area contributed by atoms with E-state index in [2.05, 4.69) is 15.3 Å². The van der Waals surface area contributed by atoms with E-state index in [0.29, 0.717) is 28.5 Å². The van der Waals surface area contributed by atoms with E-state index >= 15 is 0 Å². The summed E-state index contributed by atoms with van der Waals surface area (Å²) in [4.78, 5) is 21.2. The highest BCUT2D eigenvalue weighted by molar-refractivity contribution is 6.05. The van der Waals surface area contributed by atoms with Gasteiger partial charge in [0.25, 0.3) is 5.91 Å². The topological polar surface area (TPSA) is 68.5 Å². The molecule has 0 aliphatic carbocycles. The van der Waals surface area contributed by atoms with E-state index in [1.165, 1.54) is 7.11 Å². The SMILES string of the molecule is COc1ccc(-c2cn3cccnc3n2)cc1NC(=O)c1ccc(C(F)(F)F)cc1. The second-order valence-corrected chi connectivity index (χ2v) is 6.40. The first-order chi connectivity index (χ1) is 14.3. The minimum atomic E-state index is -4.46. The van der Waals surface area contributed by atoms with Crippen molar-refractivity contribution in [1.29, 1.82) is 0 Å². The summed E-state index contributed by atoms with van der Waals surface area (Å²) in [6, 6.07) is 10.9. The second kappa shape index (κ2) is 7.51. The van der Waals surface area contributed by atoms with Crippen LogP contribution in [0.25, 0.3) is 17.0 Å². The number of halogens is 3. The van der Waals surface area contributed by atoms with Crippen molar-refractivity contribution in [1.82, 2.24) is 14.4 Å². The molecule has 0 fully saturated rings. The Labute approximate surface area is 169 Å². The number of ether oxygens (including phenoxy) is 1. The maximum atomic E-state index is 12.7. The number of fused-ring (bicyclic) bond motifs is 1.